The Kier molecular flexibility index (Phi) is 1.33. The Morgan fingerprint density at radius 1 is 1.58 bits per heavy atom. The van der Waals surface area contributed by atoms with Crippen molar-refractivity contribution in [3.05, 3.63) is 11.4 Å². The molecule has 0 N–H and O–H groups in total. The van der Waals surface area contributed by atoms with E-state index in [2.05, 4.69) is 15.3 Å². The molecule has 0 aliphatic carbocycles. The summed E-state index contributed by atoms with van der Waals surface area (Å²) < 4.78 is 0. The highest BCUT2D eigenvalue weighted by Crippen LogP contribution is 2.27. The summed E-state index contributed by atoms with van der Waals surface area (Å²) in [5.74, 6) is -0.367. The molecule has 0 radical (unpaired) electrons. The Balaban J connectivity index is 2.46. The molecule has 0 aromatic heterocycles. The largest absolute Gasteiger partial charge is 0.272 e. The number of allylic oxidation sites excluding steroid dienone is 1. The number of aliphatic imine (C=N–C) groups is 1. The Labute approximate surface area is 69.5 Å². The van der Waals surface area contributed by atoms with Crippen molar-refractivity contribution in [2.45, 2.75) is 6.92 Å². The van der Waals surface area contributed by atoms with Crippen LogP contribution in [0, 0.1) is 5.92 Å². The van der Waals surface area contributed by atoms with Crippen LogP contribution in [0.25, 0.3) is 0 Å². The van der Waals surface area contributed by atoms with Crippen LogP contribution in [0.15, 0.2) is 26.7 Å². The summed E-state index contributed by atoms with van der Waals surface area (Å²) in [5, 5.41) is 8.80. The summed E-state index contributed by atoms with van der Waals surface area (Å²) in [4.78, 5) is 15.4. The van der Waals surface area contributed by atoms with E-state index in [1.807, 2.05) is 6.92 Å². The lowest BCUT2D eigenvalue weighted by Gasteiger charge is -2.18. The summed E-state index contributed by atoms with van der Waals surface area (Å²) in [6.07, 6.45) is 1.61. The molecule has 2 aliphatic heterocycles. The molecule has 5 heteroatoms. The van der Waals surface area contributed by atoms with E-state index in [1.165, 1.54) is 5.01 Å². The minimum atomic E-state index is -0.299. The van der Waals surface area contributed by atoms with Gasteiger partial charge in [-0.1, -0.05) is 5.22 Å². The predicted molar refractivity (Wildman–Crippen MR) is 42.3 cm³/mol. The van der Waals surface area contributed by atoms with Crippen molar-refractivity contribution >= 4 is 12.1 Å². The van der Waals surface area contributed by atoms with Crippen molar-refractivity contribution in [1.82, 2.24) is 5.01 Å². The number of nitrogens with zero attached hydrogens (tertiary/aromatic N) is 4. The molecule has 62 valence electrons. The lowest BCUT2D eigenvalue weighted by atomic mass is 10.1. The maximum absolute atomic E-state index is 11.4. The third-order valence-corrected chi connectivity index (χ3v) is 1.95. The summed E-state index contributed by atoms with van der Waals surface area (Å²) in [6.45, 7) is 1.82. The van der Waals surface area contributed by atoms with E-state index in [0.717, 1.165) is 5.70 Å². The van der Waals surface area contributed by atoms with Gasteiger partial charge >= 0.3 is 0 Å². The van der Waals surface area contributed by atoms with Crippen molar-refractivity contribution in [1.29, 1.82) is 0 Å². The van der Waals surface area contributed by atoms with Gasteiger partial charge in [0.2, 0.25) is 0 Å². The van der Waals surface area contributed by atoms with E-state index in [1.54, 1.807) is 13.3 Å². The second-order valence-corrected chi connectivity index (χ2v) is 2.78. The molecule has 0 saturated heterocycles. The highest BCUT2D eigenvalue weighted by molar-refractivity contribution is 5.98. The summed E-state index contributed by atoms with van der Waals surface area (Å²) in [5.41, 5.74) is 1.46. The van der Waals surface area contributed by atoms with E-state index < -0.39 is 0 Å². The predicted octanol–water partition coefficient (Wildman–Crippen LogP) is 0.758. The van der Waals surface area contributed by atoms with Gasteiger partial charge in [0, 0.05) is 13.3 Å². The normalized spacial score (nSPS) is 27.0. The number of fused-ring (bicyclic) bond motifs is 1. The maximum atomic E-state index is 11.4. The lowest BCUT2D eigenvalue weighted by Crippen LogP contribution is -2.32. The highest BCUT2D eigenvalue weighted by Gasteiger charge is 2.32. The number of amides is 1. The fourth-order valence-corrected chi connectivity index (χ4v) is 1.22. The third-order valence-electron chi connectivity index (χ3n) is 1.95. The first-order valence-electron chi connectivity index (χ1n) is 3.64. The highest BCUT2D eigenvalue weighted by atomic mass is 16.2. The Bertz CT molecular complexity index is 328. The lowest BCUT2D eigenvalue weighted by molar-refractivity contribution is -0.132. The molecule has 0 bridgehead atoms. The molecule has 2 aliphatic rings. The third kappa shape index (κ3) is 0.792. The average Bonchev–Trinajstić information content (AvgIpc) is 2.41. The fraction of sp³-hybridized carbons (Fsp3) is 0.429. The van der Waals surface area contributed by atoms with E-state index >= 15 is 0 Å². The topological polar surface area (TPSA) is 57.4 Å². The number of carbonyl (C=O) groups is 1. The monoisotopic (exact) mass is 164 g/mol. The molecule has 0 fully saturated rings. The van der Waals surface area contributed by atoms with E-state index in [-0.39, 0.29) is 11.8 Å². The van der Waals surface area contributed by atoms with E-state index in [0.29, 0.717) is 5.70 Å². The van der Waals surface area contributed by atoms with Gasteiger partial charge in [-0.3, -0.25) is 9.79 Å². The van der Waals surface area contributed by atoms with Crippen LogP contribution in [-0.4, -0.2) is 24.2 Å². The van der Waals surface area contributed by atoms with Crippen LogP contribution in [0.5, 0.6) is 0 Å². The second kappa shape index (κ2) is 2.23. The molecule has 0 saturated carbocycles. The Morgan fingerprint density at radius 2 is 2.33 bits per heavy atom. The molecule has 0 spiro atoms. The molecular formula is C7H8N4O. The quantitative estimate of drug-likeness (QED) is 0.521. The van der Waals surface area contributed by atoms with Gasteiger partial charge in [-0.2, -0.15) is 0 Å². The zero-order valence-electron chi connectivity index (χ0n) is 6.85. The standard InChI is InChI=1S/C7H8N4O/c1-4-6-5(3-8-4)7(12)11(2)10-9-6/h3,5H,1-2H3. The first-order valence-corrected chi connectivity index (χ1v) is 3.64. The van der Waals surface area contributed by atoms with Crippen LogP contribution < -0.4 is 0 Å². The van der Waals surface area contributed by atoms with Gasteiger partial charge in [-0.05, 0) is 6.92 Å². The molecule has 0 aromatic carbocycles. The number of hydrogen-bond donors (Lipinski definition) is 0. The second-order valence-electron chi connectivity index (χ2n) is 2.78. The molecule has 5 nitrogen and oxygen atoms in total. The SMILES string of the molecule is CC1=C2N=NN(C)C(=O)C2C=N1. The number of hydrogen-bond acceptors (Lipinski definition) is 4. The first-order chi connectivity index (χ1) is 5.70. The minimum Gasteiger partial charge on any atom is -0.272 e. The smallest absolute Gasteiger partial charge is 0.258 e. The first kappa shape index (κ1) is 7.15. The molecule has 1 unspecified atom stereocenters. The van der Waals surface area contributed by atoms with Crippen LogP contribution in [0.2, 0.25) is 0 Å². The van der Waals surface area contributed by atoms with Gasteiger partial charge in [0.05, 0.1) is 5.70 Å². The van der Waals surface area contributed by atoms with Crippen LogP contribution in [-0.2, 0) is 4.79 Å². The van der Waals surface area contributed by atoms with Crippen LogP contribution in [0.1, 0.15) is 6.92 Å². The van der Waals surface area contributed by atoms with Crippen molar-refractivity contribution in [2.24, 2.45) is 21.2 Å². The van der Waals surface area contributed by atoms with E-state index in [9.17, 15) is 4.79 Å². The molecule has 12 heavy (non-hydrogen) atoms. The van der Waals surface area contributed by atoms with Crippen LogP contribution >= 0.6 is 0 Å². The fourth-order valence-electron chi connectivity index (χ4n) is 1.22. The Morgan fingerprint density at radius 3 is 3.08 bits per heavy atom. The van der Waals surface area contributed by atoms with Crippen LogP contribution in [0.4, 0.5) is 0 Å². The molecular weight excluding hydrogens is 156 g/mol. The van der Waals surface area contributed by atoms with Gasteiger partial charge in [0.15, 0.2) is 0 Å². The van der Waals surface area contributed by atoms with Crippen molar-refractivity contribution < 1.29 is 4.79 Å². The minimum absolute atomic E-state index is 0.0689. The van der Waals surface area contributed by atoms with Gasteiger partial charge in [-0.25, -0.2) is 5.01 Å². The van der Waals surface area contributed by atoms with Gasteiger partial charge in [-0.15, -0.1) is 5.11 Å². The van der Waals surface area contributed by atoms with Crippen molar-refractivity contribution in [3.8, 4) is 0 Å². The van der Waals surface area contributed by atoms with Gasteiger partial charge in [0.1, 0.15) is 11.6 Å². The summed E-state index contributed by atoms with van der Waals surface area (Å²) in [7, 11) is 1.59. The summed E-state index contributed by atoms with van der Waals surface area (Å²) in [6, 6.07) is 0. The zero-order chi connectivity index (χ0) is 8.72. The van der Waals surface area contributed by atoms with Crippen LogP contribution in [0.3, 0.4) is 0 Å². The molecule has 2 heterocycles. The average molecular weight is 164 g/mol. The summed E-state index contributed by atoms with van der Waals surface area (Å²) >= 11 is 0. The molecule has 1 atom stereocenters. The maximum Gasteiger partial charge on any atom is 0.258 e. The van der Waals surface area contributed by atoms with Crippen molar-refractivity contribution in [2.75, 3.05) is 7.05 Å². The zero-order valence-corrected chi connectivity index (χ0v) is 6.85. The molecule has 2 rings (SSSR count). The van der Waals surface area contributed by atoms with E-state index in [4.69, 9.17) is 0 Å². The number of rotatable bonds is 0. The Hall–Kier alpha value is -1.52. The number of carbonyl (C=O) groups excluding carboxylic acids is 1. The molecule has 1 amide bonds. The molecule has 0 aromatic rings. The van der Waals surface area contributed by atoms with Gasteiger partial charge < -0.3 is 0 Å². The van der Waals surface area contributed by atoms with Crippen molar-refractivity contribution in [3.63, 3.8) is 0 Å². The van der Waals surface area contributed by atoms with Gasteiger partial charge in [0.25, 0.3) is 5.91 Å².